The Kier molecular flexibility index (Phi) is 5.88. The first kappa shape index (κ1) is 19.3. The number of carbonyl (C=O) groups is 1. The number of nitrogens with zero attached hydrogens (tertiary/aromatic N) is 3. The Bertz CT molecular complexity index is 955. The third kappa shape index (κ3) is 4.28. The van der Waals surface area contributed by atoms with Gasteiger partial charge in [0.25, 0.3) is 0 Å². The van der Waals surface area contributed by atoms with E-state index >= 15 is 0 Å². The molecule has 0 saturated heterocycles. The van der Waals surface area contributed by atoms with Gasteiger partial charge in [0, 0.05) is 29.6 Å². The van der Waals surface area contributed by atoms with E-state index in [1.54, 1.807) is 35.3 Å². The number of hydrogen-bond donors (Lipinski definition) is 2. The highest BCUT2D eigenvalue weighted by molar-refractivity contribution is 5.74. The fraction of sp³-hybridized carbons (Fsp3) is 0.250. The smallest absolute Gasteiger partial charge is 0.315 e. The second kappa shape index (κ2) is 8.51. The van der Waals surface area contributed by atoms with E-state index < -0.39 is 0 Å². The fourth-order valence-electron chi connectivity index (χ4n) is 2.93. The van der Waals surface area contributed by atoms with Gasteiger partial charge in [0.15, 0.2) is 0 Å². The molecule has 28 heavy (non-hydrogen) atoms. The molecule has 8 heteroatoms. The first-order valence-corrected chi connectivity index (χ1v) is 8.82. The van der Waals surface area contributed by atoms with Crippen LogP contribution in [0.25, 0.3) is 5.69 Å². The lowest BCUT2D eigenvalue weighted by atomic mass is 10.1. The summed E-state index contributed by atoms with van der Waals surface area (Å²) in [6.45, 7) is 4.08. The van der Waals surface area contributed by atoms with Gasteiger partial charge in [-0.25, -0.2) is 18.9 Å². The van der Waals surface area contributed by atoms with Crippen molar-refractivity contribution in [3.8, 4) is 11.6 Å². The third-order valence-corrected chi connectivity index (χ3v) is 4.42. The van der Waals surface area contributed by atoms with E-state index in [2.05, 4.69) is 20.7 Å². The van der Waals surface area contributed by atoms with E-state index in [1.807, 2.05) is 19.9 Å². The fourth-order valence-corrected chi connectivity index (χ4v) is 2.93. The number of aromatic nitrogens is 3. The highest BCUT2D eigenvalue weighted by Crippen LogP contribution is 2.20. The Labute approximate surface area is 162 Å². The van der Waals surface area contributed by atoms with Gasteiger partial charge in [0.2, 0.25) is 5.88 Å². The molecule has 1 atom stereocenters. The molecule has 0 bridgehead atoms. The molecule has 7 nitrogen and oxygen atoms in total. The lowest BCUT2D eigenvalue weighted by Crippen LogP contribution is -2.36. The number of rotatable bonds is 6. The highest BCUT2D eigenvalue weighted by atomic mass is 19.1. The number of ether oxygens (including phenoxy) is 1. The number of nitrogens with one attached hydrogen (secondary N) is 2. The monoisotopic (exact) mass is 383 g/mol. The van der Waals surface area contributed by atoms with Gasteiger partial charge in [0.1, 0.15) is 5.82 Å². The molecular weight excluding hydrogens is 361 g/mol. The van der Waals surface area contributed by atoms with Crippen LogP contribution >= 0.6 is 0 Å². The Hall–Kier alpha value is -3.42. The van der Waals surface area contributed by atoms with Crippen LogP contribution in [0.1, 0.15) is 29.8 Å². The van der Waals surface area contributed by atoms with Crippen molar-refractivity contribution in [1.82, 2.24) is 25.4 Å². The van der Waals surface area contributed by atoms with Crippen LogP contribution in [0.15, 0.2) is 48.8 Å². The molecule has 0 saturated carbocycles. The minimum Gasteiger partial charge on any atom is -0.481 e. The van der Waals surface area contributed by atoms with E-state index in [1.165, 1.54) is 19.2 Å². The van der Waals surface area contributed by atoms with E-state index in [4.69, 9.17) is 4.74 Å². The van der Waals surface area contributed by atoms with Gasteiger partial charge in [-0.3, -0.25) is 0 Å². The van der Waals surface area contributed by atoms with Gasteiger partial charge in [-0.1, -0.05) is 6.07 Å². The molecule has 2 N–H and O–H groups in total. The van der Waals surface area contributed by atoms with Gasteiger partial charge in [0.05, 0.1) is 25.0 Å². The van der Waals surface area contributed by atoms with Gasteiger partial charge < -0.3 is 15.4 Å². The van der Waals surface area contributed by atoms with Crippen LogP contribution < -0.4 is 15.4 Å². The molecule has 0 radical (unpaired) electrons. The summed E-state index contributed by atoms with van der Waals surface area (Å²) in [6, 6.07) is 9.14. The predicted octanol–water partition coefficient (Wildman–Crippen LogP) is 3.28. The normalized spacial score (nSPS) is 11.7. The van der Waals surface area contributed by atoms with Crippen molar-refractivity contribution in [2.24, 2.45) is 0 Å². The van der Waals surface area contributed by atoms with Crippen LogP contribution in [0.2, 0.25) is 0 Å². The molecule has 0 aliphatic rings. The molecule has 3 aromatic rings. The first-order chi connectivity index (χ1) is 13.5. The van der Waals surface area contributed by atoms with Crippen LogP contribution in [0.3, 0.4) is 0 Å². The summed E-state index contributed by atoms with van der Waals surface area (Å²) in [4.78, 5) is 16.4. The highest BCUT2D eigenvalue weighted by Gasteiger charge is 2.16. The van der Waals surface area contributed by atoms with Crippen molar-refractivity contribution in [2.45, 2.75) is 26.4 Å². The number of pyridine rings is 1. The Morgan fingerprint density at radius 3 is 2.75 bits per heavy atom. The molecule has 0 spiro atoms. The second-order valence-corrected chi connectivity index (χ2v) is 6.29. The zero-order valence-electron chi connectivity index (χ0n) is 15.9. The van der Waals surface area contributed by atoms with Crippen LogP contribution in [0.5, 0.6) is 5.88 Å². The molecule has 2 heterocycles. The number of hydrogen-bond acceptors (Lipinski definition) is 4. The molecule has 1 unspecified atom stereocenters. The van der Waals surface area contributed by atoms with Crippen molar-refractivity contribution in [3.05, 3.63) is 71.4 Å². The molecule has 1 aromatic carbocycles. The van der Waals surface area contributed by atoms with E-state index in [-0.39, 0.29) is 17.9 Å². The van der Waals surface area contributed by atoms with Crippen molar-refractivity contribution >= 4 is 6.03 Å². The zero-order chi connectivity index (χ0) is 20.1. The van der Waals surface area contributed by atoms with Gasteiger partial charge in [-0.15, -0.1) is 0 Å². The SMILES string of the molecule is COc1ncccc1CNC(=O)NC(C)c1cnn(-c2ccc(F)cc2)c1C. The lowest BCUT2D eigenvalue weighted by molar-refractivity contribution is 0.237. The van der Waals surface area contributed by atoms with Crippen LogP contribution in [0, 0.1) is 12.7 Å². The van der Waals surface area contributed by atoms with Crippen LogP contribution in [-0.4, -0.2) is 27.9 Å². The molecule has 2 amide bonds. The number of urea groups is 1. The Morgan fingerprint density at radius 1 is 1.29 bits per heavy atom. The van der Waals surface area contributed by atoms with E-state index in [9.17, 15) is 9.18 Å². The van der Waals surface area contributed by atoms with E-state index in [0.29, 0.717) is 12.4 Å². The molecule has 146 valence electrons. The van der Waals surface area contributed by atoms with Crippen LogP contribution in [0.4, 0.5) is 9.18 Å². The molecule has 0 aliphatic heterocycles. The summed E-state index contributed by atoms with van der Waals surface area (Å²) in [6.07, 6.45) is 3.33. The molecular formula is C20H22FN5O2. The van der Waals surface area contributed by atoms with Gasteiger partial charge >= 0.3 is 6.03 Å². The average molecular weight is 383 g/mol. The van der Waals surface area contributed by atoms with E-state index in [0.717, 1.165) is 22.5 Å². The second-order valence-electron chi connectivity index (χ2n) is 6.29. The average Bonchev–Trinajstić information content (AvgIpc) is 3.08. The molecule has 3 rings (SSSR count). The summed E-state index contributed by atoms with van der Waals surface area (Å²) in [5.41, 5.74) is 3.28. The third-order valence-electron chi connectivity index (χ3n) is 4.42. The number of benzene rings is 1. The number of amides is 2. The van der Waals surface area contributed by atoms with Crippen LogP contribution in [-0.2, 0) is 6.54 Å². The van der Waals surface area contributed by atoms with Gasteiger partial charge in [-0.05, 0) is 44.2 Å². The summed E-state index contributed by atoms with van der Waals surface area (Å²) >= 11 is 0. The Balaban J connectivity index is 1.63. The quantitative estimate of drug-likeness (QED) is 0.684. The minimum absolute atomic E-state index is 0.259. The molecule has 2 aromatic heterocycles. The predicted molar refractivity (Wildman–Crippen MR) is 103 cm³/mol. The summed E-state index contributed by atoms with van der Waals surface area (Å²) < 4.78 is 20.0. The minimum atomic E-state index is -0.313. The maximum Gasteiger partial charge on any atom is 0.315 e. The zero-order valence-corrected chi connectivity index (χ0v) is 15.9. The number of halogens is 1. The number of methoxy groups -OCH3 is 1. The van der Waals surface area contributed by atoms with Crippen molar-refractivity contribution in [3.63, 3.8) is 0 Å². The molecule has 0 fully saturated rings. The summed E-state index contributed by atoms with van der Waals surface area (Å²) in [5.74, 6) is 0.179. The lowest BCUT2D eigenvalue weighted by Gasteiger charge is -2.15. The number of carbonyl (C=O) groups excluding carboxylic acids is 1. The largest absolute Gasteiger partial charge is 0.481 e. The maximum absolute atomic E-state index is 13.1. The van der Waals surface area contributed by atoms with Crippen molar-refractivity contribution in [1.29, 1.82) is 0 Å². The van der Waals surface area contributed by atoms with Gasteiger partial charge in [-0.2, -0.15) is 5.10 Å². The van der Waals surface area contributed by atoms with Crippen molar-refractivity contribution < 1.29 is 13.9 Å². The Morgan fingerprint density at radius 2 is 2.04 bits per heavy atom. The molecule has 0 aliphatic carbocycles. The standard InChI is InChI=1S/C20H22FN5O2/c1-13(25-20(27)23-11-15-5-4-10-22-19(15)28-3)18-12-24-26(14(18)2)17-8-6-16(21)7-9-17/h4-10,12-13H,11H2,1-3H3,(H2,23,25,27). The van der Waals surface area contributed by atoms with Crippen molar-refractivity contribution in [2.75, 3.05) is 7.11 Å². The first-order valence-electron chi connectivity index (χ1n) is 8.82. The summed E-state index contributed by atoms with van der Waals surface area (Å²) in [7, 11) is 1.54. The topological polar surface area (TPSA) is 81.1 Å². The maximum atomic E-state index is 13.1. The summed E-state index contributed by atoms with van der Waals surface area (Å²) in [5, 5.41) is 10.1.